The summed E-state index contributed by atoms with van der Waals surface area (Å²) < 4.78 is 4.49. The van der Waals surface area contributed by atoms with E-state index in [9.17, 15) is 9.59 Å². The second-order valence-electron chi connectivity index (χ2n) is 2.42. The Kier molecular flexibility index (Phi) is 11.4. The molecule has 0 spiro atoms. The molecule has 0 saturated heterocycles. The van der Waals surface area contributed by atoms with Crippen molar-refractivity contribution in [3.8, 4) is 0 Å². The topological polar surface area (TPSA) is 104 Å². The van der Waals surface area contributed by atoms with Crippen molar-refractivity contribution in [1.29, 1.82) is 0 Å². The number of rotatable bonds is 5. The second-order valence-corrected chi connectivity index (χ2v) is 2.42. The molecule has 6 nitrogen and oxygen atoms in total. The Morgan fingerprint density at radius 2 is 2.00 bits per heavy atom. The van der Waals surface area contributed by atoms with Gasteiger partial charge in [-0.25, -0.2) is 4.79 Å². The molecule has 0 heterocycles. The quantitative estimate of drug-likeness (QED) is 0.428. The van der Waals surface area contributed by atoms with E-state index in [2.05, 4.69) is 11.3 Å². The summed E-state index contributed by atoms with van der Waals surface area (Å²) in [5.41, 5.74) is 0. The first-order chi connectivity index (χ1) is 6.97. The van der Waals surface area contributed by atoms with Gasteiger partial charge in [-0.15, -0.1) is 0 Å². The minimum absolute atomic E-state index is 0.122. The Balaban J connectivity index is 0. The van der Waals surface area contributed by atoms with Crippen LogP contribution in [0.15, 0.2) is 12.7 Å². The van der Waals surface area contributed by atoms with E-state index in [0.717, 1.165) is 6.08 Å². The molecule has 0 aromatic rings. The molecular weight excluding hydrogens is 204 g/mol. The zero-order valence-corrected chi connectivity index (χ0v) is 8.55. The van der Waals surface area contributed by atoms with Crippen LogP contribution in [-0.2, 0) is 14.3 Å². The third-order valence-corrected chi connectivity index (χ3v) is 1.11. The van der Waals surface area contributed by atoms with E-state index in [4.69, 9.17) is 15.3 Å². The molecule has 0 fully saturated rings. The second kappa shape index (κ2) is 10.7. The minimum Gasteiger partial charge on any atom is -0.478 e. The maximum Gasteiger partial charge on any atom is 0.327 e. The lowest BCUT2D eigenvalue weighted by Gasteiger charge is -2.06. The summed E-state index contributed by atoms with van der Waals surface area (Å²) in [4.78, 5) is 19.7. The van der Waals surface area contributed by atoms with Crippen LogP contribution >= 0.6 is 0 Å². The lowest BCUT2D eigenvalue weighted by atomic mass is 10.4. The van der Waals surface area contributed by atoms with Crippen molar-refractivity contribution < 1.29 is 29.6 Å². The number of aliphatic carboxylic acids is 1. The summed E-state index contributed by atoms with van der Waals surface area (Å²) in [6.45, 7) is 4.12. The van der Waals surface area contributed by atoms with E-state index < -0.39 is 12.1 Å². The molecule has 88 valence electrons. The molecule has 3 N–H and O–H groups in total. The third kappa shape index (κ3) is 15.4. The van der Waals surface area contributed by atoms with Gasteiger partial charge in [0.15, 0.2) is 0 Å². The van der Waals surface area contributed by atoms with E-state index in [1.54, 1.807) is 6.92 Å². The molecule has 0 aromatic carbocycles. The Bertz CT molecular complexity index is 201. The van der Waals surface area contributed by atoms with Gasteiger partial charge in [-0.2, -0.15) is 0 Å². The van der Waals surface area contributed by atoms with E-state index in [1.807, 2.05) is 0 Å². The molecule has 6 heteroatoms. The van der Waals surface area contributed by atoms with Crippen LogP contribution in [0.2, 0.25) is 0 Å². The molecule has 0 radical (unpaired) electrons. The van der Waals surface area contributed by atoms with Crippen LogP contribution in [-0.4, -0.2) is 46.6 Å². The summed E-state index contributed by atoms with van der Waals surface area (Å²) in [6.07, 6.45) is 0.175. The SMILES string of the molecule is C=CC(=O)O.CCC(=O)OCC(O)CO. The molecule has 0 aliphatic heterocycles. The van der Waals surface area contributed by atoms with Gasteiger partial charge < -0.3 is 20.1 Å². The van der Waals surface area contributed by atoms with Crippen molar-refractivity contribution in [2.45, 2.75) is 19.4 Å². The predicted octanol–water partition coefficient (Wildman–Crippen LogP) is -0.450. The zero-order valence-electron chi connectivity index (χ0n) is 8.55. The van der Waals surface area contributed by atoms with Gasteiger partial charge >= 0.3 is 11.9 Å². The van der Waals surface area contributed by atoms with Crippen LogP contribution < -0.4 is 0 Å². The zero-order chi connectivity index (χ0) is 12.3. The average molecular weight is 220 g/mol. The molecule has 0 bridgehead atoms. The van der Waals surface area contributed by atoms with Gasteiger partial charge in [-0.3, -0.25) is 4.79 Å². The summed E-state index contributed by atoms with van der Waals surface area (Å²) in [6, 6.07) is 0. The van der Waals surface area contributed by atoms with Gasteiger partial charge in [-0.1, -0.05) is 13.5 Å². The number of carbonyl (C=O) groups excluding carboxylic acids is 1. The number of carboxylic acid groups (broad SMARTS) is 1. The fourth-order valence-corrected chi connectivity index (χ4v) is 0.344. The molecule has 1 unspecified atom stereocenters. The number of aliphatic hydroxyl groups is 2. The van der Waals surface area contributed by atoms with Crippen LogP contribution in [0.25, 0.3) is 0 Å². The monoisotopic (exact) mass is 220 g/mol. The maximum atomic E-state index is 10.4. The highest BCUT2D eigenvalue weighted by Gasteiger charge is 2.04. The fourth-order valence-electron chi connectivity index (χ4n) is 0.344. The van der Waals surface area contributed by atoms with Crippen molar-refractivity contribution in [1.82, 2.24) is 0 Å². The Morgan fingerprint density at radius 1 is 1.53 bits per heavy atom. The van der Waals surface area contributed by atoms with Gasteiger partial charge in [0, 0.05) is 12.5 Å². The predicted molar refractivity (Wildman–Crippen MR) is 52.2 cm³/mol. The number of carboxylic acids is 1. The highest BCUT2D eigenvalue weighted by Crippen LogP contribution is 1.87. The van der Waals surface area contributed by atoms with Crippen molar-refractivity contribution in [2.75, 3.05) is 13.2 Å². The number of esters is 1. The smallest absolute Gasteiger partial charge is 0.327 e. The lowest BCUT2D eigenvalue weighted by molar-refractivity contribution is -0.146. The van der Waals surface area contributed by atoms with E-state index in [0.29, 0.717) is 0 Å². The van der Waals surface area contributed by atoms with Gasteiger partial charge in [-0.05, 0) is 0 Å². The van der Waals surface area contributed by atoms with Crippen LogP contribution in [0.1, 0.15) is 13.3 Å². The van der Waals surface area contributed by atoms with Gasteiger partial charge in [0.25, 0.3) is 0 Å². The number of ether oxygens (including phenoxy) is 1. The third-order valence-electron chi connectivity index (χ3n) is 1.11. The molecular formula is C9H16O6. The van der Waals surface area contributed by atoms with Crippen LogP contribution in [0, 0.1) is 0 Å². The summed E-state index contributed by atoms with van der Waals surface area (Å²) in [7, 11) is 0. The Hall–Kier alpha value is -1.40. The van der Waals surface area contributed by atoms with Crippen molar-refractivity contribution in [3.05, 3.63) is 12.7 Å². The van der Waals surface area contributed by atoms with Gasteiger partial charge in [0.1, 0.15) is 12.7 Å². The van der Waals surface area contributed by atoms with E-state index in [-0.39, 0.29) is 25.6 Å². The Labute approximate surface area is 87.8 Å². The summed E-state index contributed by atoms with van der Waals surface area (Å²) >= 11 is 0. The van der Waals surface area contributed by atoms with Gasteiger partial charge in [0.2, 0.25) is 0 Å². The van der Waals surface area contributed by atoms with Crippen LogP contribution in [0.4, 0.5) is 0 Å². The van der Waals surface area contributed by atoms with E-state index in [1.165, 1.54) is 0 Å². The number of aliphatic hydroxyl groups excluding tert-OH is 2. The summed E-state index contributed by atoms with van der Waals surface area (Å²) in [5, 5.41) is 24.6. The molecule has 0 amide bonds. The average Bonchev–Trinajstić information content (AvgIpc) is 2.25. The van der Waals surface area contributed by atoms with Crippen molar-refractivity contribution >= 4 is 11.9 Å². The first-order valence-electron chi connectivity index (χ1n) is 4.27. The normalized spacial score (nSPS) is 10.6. The number of hydrogen-bond acceptors (Lipinski definition) is 5. The highest BCUT2D eigenvalue weighted by atomic mass is 16.5. The standard InChI is InChI=1S/C6H12O4.C3H4O2/c1-2-6(9)10-4-5(8)3-7;1-2-3(4)5/h5,7-8H,2-4H2,1H3;2H,1H2,(H,4,5). The summed E-state index contributed by atoms with van der Waals surface area (Å²) in [5.74, 6) is -1.35. The molecule has 0 aliphatic carbocycles. The minimum atomic E-state index is -0.981. The first-order valence-corrected chi connectivity index (χ1v) is 4.27. The fraction of sp³-hybridized carbons (Fsp3) is 0.556. The Morgan fingerprint density at radius 3 is 2.27 bits per heavy atom. The lowest BCUT2D eigenvalue weighted by Crippen LogP contribution is -2.21. The molecule has 1 atom stereocenters. The molecule has 0 aliphatic rings. The highest BCUT2D eigenvalue weighted by molar-refractivity contribution is 5.78. The van der Waals surface area contributed by atoms with Crippen LogP contribution in [0.5, 0.6) is 0 Å². The molecule has 0 saturated carbocycles. The molecule has 0 rings (SSSR count). The largest absolute Gasteiger partial charge is 0.478 e. The number of hydrogen-bond donors (Lipinski definition) is 3. The van der Waals surface area contributed by atoms with Crippen LogP contribution in [0.3, 0.4) is 0 Å². The molecule has 15 heavy (non-hydrogen) atoms. The molecule has 0 aromatic heterocycles. The van der Waals surface area contributed by atoms with E-state index >= 15 is 0 Å². The first kappa shape index (κ1) is 16.0. The maximum absolute atomic E-state index is 10.4. The van der Waals surface area contributed by atoms with Crippen molar-refractivity contribution in [3.63, 3.8) is 0 Å². The van der Waals surface area contributed by atoms with Crippen molar-refractivity contribution in [2.24, 2.45) is 0 Å². The van der Waals surface area contributed by atoms with Gasteiger partial charge in [0.05, 0.1) is 6.61 Å². The number of carbonyl (C=O) groups is 2.